The van der Waals surface area contributed by atoms with Crippen LogP contribution in [0.3, 0.4) is 0 Å². The quantitative estimate of drug-likeness (QED) is 0.696. The van der Waals surface area contributed by atoms with Crippen molar-refractivity contribution in [3.05, 3.63) is 47.5 Å². The first kappa shape index (κ1) is 20.0. The van der Waals surface area contributed by atoms with Gasteiger partial charge in [-0.2, -0.15) is 0 Å². The normalized spacial score (nSPS) is 21.4. The van der Waals surface area contributed by atoms with Crippen LogP contribution in [0.1, 0.15) is 50.2 Å². The van der Waals surface area contributed by atoms with E-state index >= 15 is 0 Å². The molecule has 6 heteroatoms. The van der Waals surface area contributed by atoms with Crippen LogP contribution in [0.2, 0.25) is 0 Å². The number of amides is 3. The zero-order chi connectivity index (χ0) is 20.3. The number of rotatable bonds is 8. The average Bonchev–Trinajstić information content (AvgIpc) is 3.21. The molecule has 1 aliphatic heterocycles. The summed E-state index contributed by atoms with van der Waals surface area (Å²) in [4.78, 5) is 48.5. The van der Waals surface area contributed by atoms with Crippen LogP contribution in [0.5, 0.6) is 0 Å². The Kier molecular flexibility index (Phi) is 5.77. The van der Waals surface area contributed by atoms with Gasteiger partial charge in [-0.05, 0) is 50.2 Å². The molecule has 0 saturated heterocycles. The van der Waals surface area contributed by atoms with E-state index < -0.39 is 11.3 Å². The standard InChI is InChI=1S/C22H26N2O4/c1-22(21(23)28,12-3-13-24-19(26)10-11-20(24)27)17-8-6-15(7-9-17)14-16-4-2-5-18(16)25/h6-11,16H,2-5,12-14H2,1H3,(H2,23,28). The van der Waals surface area contributed by atoms with Crippen molar-refractivity contribution in [3.63, 3.8) is 0 Å². The topological polar surface area (TPSA) is 97.5 Å². The van der Waals surface area contributed by atoms with E-state index in [-0.39, 0.29) is 24.3 Å². The summed E-state index contributed by atoms with van der Waals surface area (Å²) in [5, 5.41) is 0. The Labute approximate surface area is 164 Å². The van der Waals surface area contributed by atoms with Crippen LogP contribution in [0, 0.1) is 5.92 Å². The predicted octanol–water partition coefficient (Wildman–Crippen LogP) is 2.05. The van der Waals surface area contributed by atoms with Crippen LogP contribution < -0.4 is 5.73 Å². The first-order valence-corrected chi connectivity index (χ1v) is 9.77. The SMILES string of the molecule is CC(CCCN1C(=O)C=CC1=O)(C(N)=O)c1ccc(CC2CCCC2=O)cc1. The number of carbonyl (C=O) groups is 4. The Balaban J connectivity index is 1.65. The third kappa shape index (κ3) is 4.06. The van der Waals surface area contributed by atoms with Gasteiger partial charge in [0.25, 0.3) is 11.8 Å². The number of Topliss-reactive ketones (excluding diaryl/α,β-unsaturated/α-hetero) is 1. The molecular formula is C22H26N2O4. The second kappa shape index (κ2) is 8.09. The lowest BCUT2D eigenvalue weighted by Gasteiger charge is -2.28. The van der Waals surface area contributed by atoms with Crippen molar-refractivity contribution in [1.29, 1.82) is 0 Å². The van der Waals surface area contributed by atoms with Gasteiger partial charge < -0.3 is 5.73 Å². The number of imide groups is 1. The van der Waals surface area contributed by atoms with Crippen molar-refractivity contribution in [2.45, 2.75) is 50.9 Å². The van der Waals surface area contributed by atoms with Gasteiger partial charge in [-0.1, -0.05) is 24.3 Å². The summed E-state index contributed by atoms with van der Waals surface area (Å²) in [6.45, 7) is 2.05. The molecule has 2 aliphatic rings. The first-order chi connectivity index (χ1) is 13.3. The number of nitrogens with two attached hydrogens (primary N) is 1. The van der Waals surface area contributed by atoms with Crippen molar-refractivity contribution < 1.29 is 19.2 Å². The predicted molar refractivity (Wildman–Crippen MR) is 104 cm³/mol. The molecule has 1 saturated carbocycles. The largest absolute Gasteiger partial charge is 0.369 e. The highest BCUT2D eigenvalue weighted by Gasteiger charge is 2.34. The summed E-state index contributed by atoms with van der Waals surface area (Å²) in [6.07, 6.45) is 6.75. The molecule has 1 heterocycles. The maximum Gasteiger partial charge on any atom is 0.253 e. The third-order valence-corrected chi connectivity index (χ3v) is 6.01. The van der Waals surface area contributed by atoms with Gasteiger partial charge in [0.2, 0.25) is 5.91 Å². The first-order valence-electron chi connectivity index (χ1n) is 9.77. The van der Waals surface area contributed by atoms with Crippen molar-refractivity contribution in [1.82, 2.24) is 4.90 Å². The average molecular weight is 382 g/mol. The molecule has 3 rings (SSSR count). The van der Waals surface area contributed by atoms with Crippen LogP contribution in [0.25, 0.3) is 0 Å². The Hall–Kier alpha value is -2.76. The smallest absolute Gasteiger partial charge is 0.253 e. The lowest BCUT2D eigenvalue weighted by molar-refractivity contribution is -0.136. The lowest BCUT2D eigenvalue weighted by atomic mass is 9.77. The summed E-state index contributed by atoms with van der Waals surface area (Å²) in [5.74, 6) is -0.638. The molecule has 2 atom stereocenters. The van der Waals surface area contributed by atoms with Gasteiger partial charge in [-0.25, -0.2) is 0 Å². The van der Waals surface area contributed by atoms with Gasteiger partial charge in [0.15, 0.2) is 0 Å². The van der Waals surface area contributed by atoms with E-state index in [4.69, 9.17) is 5.73 Å². The fraction of sp³-hybridized carbons (Fsp3) is 0.455. The minimum atomic E-state index is -0.888. The van der Waals surface area contributed by atoms with Crippen LogP contribution in [0.15, 0.2) is 36.4 Å². The third-order valence-electron chi connectivity index (χ3n) is 6.01. The summed E-state index contributed by atoms with van der Waals surface area (Å²) < 4.78 is 0. The highest BCUT2D eigenvalue weighted by Crippen LogP contribution is 2.31. The van der Waals surface area contributed by atoms with Crippen LogP contribution in [-0.2, 0) is 31.0 Å². The minimum absolute atomic E-state index is 0.109. The Morgan fingerprint density at radius 1 is 1.14 bits per heavy atom. The van der Waals surface area contributed by atoms with E-state index in [2.05, 4.69) is 0 Å². The number of benzene rings is 1. The molecule has 2 N–H and O–H groups in total. The number of ketones is 1. The molecule has 1 fully saturated rings. The van der Waals surface area contributed by atoms with Gasteiger partial charge in [0, 0.05) is 31.0 Å². The number of hydrogen-bond donors (Lipinski definition) is 1. The summed E-state index contributed by atoms with van der Waals surface area (Å²) in [7, 11) is 0. The zero-order valence-corrected chi connectivity index (χ0v) is 16.1. The number of nitrogens with zero attached hydrogens (tertiary/aromatic N) is 1. The molecule has 148 valence electrons. The molecule has 28 heavy (non-hydrogen) atoms. The van der Waals surface area contributed by atoms with Gasteiger partial charge >= 0.3 is 0 Å². The van der Waals surface area contributed by atoms with E-state index in [9.17, 15) is 19.2 Å². The number of carbonyl (C=O) groups excluding carboxylic acids is 4. The molecule has 0 spiro atoms. The molecule has 3 amide bonds. The molecule has 1 aromatic carbocycles. The van der Waals surface area contributed by atoms with Gasteiger partial charge in [-0.3, -0.25) is 24.1 Å². The second-order valence-corrected chi connectivity index (χ2v) is 7.92. The summed E-state index contributed by atoms with van der Waals surface area (Å²) in [6, 6.07) is 7.71. The Bertz CT molecular complexity index is 809. The van der Waals surface area contributed by atoms with Crippen LogP contribution in [0.4, 0.5) is 0 Å². The van der Waals surface area contributed by atoms with Crippen LogP contribution in [-0.4, -0.2) is 34.9 Å². The maximum atomic E-state index is 12.2. The Morgan fingerprint density at radius 3 is 2.32 bits per heavy atom. The molecule has 1 aliphatic carbocycles. The van der Waals surface area contributed by atoms with E-state index in [1.54, 1.807) is 6.92 Å². The number of hydrogen-bond acceptors (Lipinski definition) is 4. The molecule has 2 unspecified atom stereocenters. The minimum Gasteiger partial charge on any atom is -0.369 e. The maximum absolute atomic E-state index is 12.2. The number of primary amides is 1. The van der Waals surface area contributed by atoms with Crippen molar-refractivity contribution in [2.75, 3.05) is 6.54 Å². The zero-order valence-electron chi connectivity index (χ0n) is 16.1. The molecule has 1 aromatic rings. The van der Waals surface area contributed by atoms with E-state index in [0.29, 0.717) is 25.0 Å². The summed E-state index contributed by atoms with van der Waals surface area (Å²) >= 11 is 0. The highest BCUT2D eigenvalue weighted by molar-refractivity contribution is 6.12. The molecule has 0 aromatic heterocycles. The fourth-order valence-corrected chi connectivity index (χ4v) is 4.05. The monoisotopic (exact) mass is 382 g/mol. The van der Waals surface area contributed by atoms with Crippen molar-refractivity contribution in [3.8, 4) is 0 Å². The van der Waals surface area contributed by atoms with Crippen molar-refractivity contribution in [2.24, 2.45) is 11.7 Å². The fourth-order valence-electron chi connectivity index (χ4n) is 4.05. The van der Waals surface area contributed by atoms with E-state index in [1.807, 2.05) is 24.3 Å². The Morgan fingerprint density at radius 2 is 1.79 bits per heavy atom. The van der Waals surface area contributed by atoms with Gasteiger partial charge in [0.1, 0.15) is 5.78 Å². The lowest BCUT2D eigenvalue weighted by Crippen LogP contribution is -2.40. The van der Waals surface area contributed by atoms with E-state index in [1.165, 1.54) is 17.1 Å². The molecular weight excluding hydrogens is 356 g/mol. The van der Waals surface area contributed by atoms with Gasteiger partial charge in [-0.15, -0.1) is 0 Å². The van der Waals surface area contributed by atoms with Crippen molar-refractivity contribution >= 4 is 23.5 Å². The van der Waals surface area contributed by atoms with Gasteiger partial charge in [0.05, 0.1) is 5.41 Å². The summed E-state index contributed by atoms with van der Waals surface area (Å²) in [5.41, 5.74) is 6.69. The second-order valence-electron chi connectivity index (χ2n) is 7.92. The molecule has 0 radical (unpaired) electrons. The molecule has 0 bridgehead atoms. The highest BCUT2D eigenvalue weighted by atomic mass is 16.2. The van der Waals surface area contributed by atoms with Crippen LogP contribution >= 0.6 is 0 Å². The van der Waals surface area contributed by atoms with E-state index in [0.717, 1.165) is 30.4 Å². The molecule has 6 nitrogen and oxygen atoms in total.